The number of nitrogens with one attached hydrogen (secondary N) is 4. The lowest BCUT2D eigenvalue weighted by atomic mass is 9.95. The van der Waals surface area contributed by atoms with Gasteiger partial charge in [0.15, 0.2) is 0 Å². The zero-order valence-electron chi connectivity index (χ0n) is 56.2. The molecule has 0 saturated carbocycles. The van der Waals surface area contributed by atoms with Crippen molar-refractivity contribution in [1.29, 1.82) is 5.26 Å². The molecule has 0 bridgehead atoms. The van der Waals surface area contributed by atoms with Crippen molar-refractivity contribution in [2.24, 2.45) is 35.5 Å². The number of allylic oxidation sites excluding steroid dienone is 2. The van der Waals surface area contributed by atoms with Crippen LogP contribution in [0.4, 0.5) is 0 Å². The molecular formula is C63H110N12O11. The Morgan fingerprint density at radius 1 is 0.453 bits per heavy atom. The number of nitrogens with zero attached hydrogens (tertiary/aromatic N) is 8. The van der Waals surface area contributed by atoms with Gasteiger partial charge in [-0.05, 0) is 107 Å². The third-order valence-corrected chi connectivity index (χ3v) is 16.1. The fourth-order valence-corrected chi connectivity index (χ4v) is 10.6. The van der Waals surface area contributed by atoms with Crippen LogP contribution in [0, 0.1) is 46.8 Å². The number of amides is 11. The SMILES string of the molecule is CCC1NC(=O)C(C[C@H](C)C/C=C/CCC#N)N(C)C(=O)C(CC)N(C)C(=O)[C@H](CC(C)C)N(C)C(=O)[C@@H](CC(C)C)N(C)C(=O)[C@H](C)NC(=O)[C@@H](C)NC(=O)[C@@H](CC(C)C)N(C)C(=O)[C@@H](C(C)C)NC(=O)[C@H](CC(C)C)N(C)C(=O)CN(C)C1=O. The third-order valence-electron chi connectivity index (χ3n) is 16.1. The van der Waals surface area contributed by atoms with Gasteiger partial charge in [0.25, 0.3) is 0 Å². The molecule has 3 unspecified atom stereocenters. The predicted octanol–water partition coefficient (Wildman–Crippen LogP) is 4.34. The fourth-order valence-electron chi connectivity index (χ4n) is 10.6. The van der Waals surface area contributed by atoms with Crippen LogP contribution >= 0.6 is 0 Å². The number of carbonyl (C=O) groups excluding carboxylic acids is 11. The molecular weight excluding hydrogens is 1100 g/mol. The molecule has 1 heterocycles. The molecule has 0 spiro atoms. The molecule has 0 radical (unpaired) electrons. The van der Waals surface area contributed by atoms with E-state index < -0.39 is 138 Å². The van der Waals surface area contributed by atoms with E-state index in [9.17, 15) is 47.9 Å². The van der Waals surface area contributed by atoms with Gasteiger partial charge in [-0.1, -0.05) is 102 Å². The summed E-state index contributed by atoms with van der Waals surface area (Å²) >= 11 is 0. The first kappa shape index (κ1) is 77.4. The molecule has 86 heavy (non-hydrogen) atoms. The summed E-state index contributed by atoms with van der Waals surface area (Å²) in [5, 5.41) is 20.2. The van der Waals surface area contributed by atoms with Gasteiger partial charge in [-0.3, -0.25) is 52.7 Å². The quantitative estimate of drug-likeness (QED) is 0.117. The van der Waals surface area contributed by atoms with Crippen LogP contribution in [0.1, 0.15) is 168 Å². The van der Waals surface area contributed by atoms with E-state index in [-0.39, 0.29) is 74.5 Å². The smallest absolute Gasteiger partial charge is 0.245 e. The Hall–Kier alpha value is -6.60. The standard InChI is InChI=1S/C63H110N12O11/c1-23-45-59(82)69(16)36-52(76)70(17)47(31-37(3)4)57(80)68-53(41(11)12)63(86)73(20)48(32-38(5)6)55(78)65-43(14)54(77)66-44(15)58(81)74(21)50(33-39(7)8)62(85)75(22)51(34-40(9)10)61(84)71(18)46(24-2)60(83)72(19)49(56(79)67-45)35-42(13)29-27-25-26-28-30-64/h25,27,37-51,53H,23-24,26,28-29,31-36H2,1-22H3,(H,65,78)(H,66,77)(H,67,79)(H,68,80)/b27-25+/t42-,43-,44+,45?,46?,47+,48-,49?,50-,51+,53-/m1/s1. The summed E-state index contributed by atoms with van der Waals surface area (Å²) in [5.41, 5.74) is 0. The minimum Gasteiger partial charge on any atom is -0.343 e. The molecule has 1 rings (SSSR count). The van der Waals surface area contributed by atoms with Gasteiger partial charge in [0.2, 0.25) is 65.0 Å². The van der Waals surface area contributed by atoms with Gasteiger partial charge in [-0.25, -0.2) is 0 Å². The number of unbranched alkanes of at least 4 members (excludes halogenated alkanes) is 1. The molecule has 0 aromatic heterocycles. The number of rotatable bonds is 17. The van der Waals surface area contributed by atoms with Crippen LogP contribution in [-0.4, -0.2) is 216 Å². The maximum Gasteiger partial charge on any atom is 0.245 e. The fraction of sp³-hybridized carbons (Fsp3) is 0.778. The maximum absolute atomic E-state index is 15.0. The molecule has 1 saturated heterocycles. The molecule has 488 valence electrons. The lowest BCUT2D eigenvalue weighted by Crippen LogP contribution is -2.61. The molecule has 0 aliphatic carbocycles. The second kappa shape index (κ2) is 36.5. The van der Waals surface area contributed by atoms with E-state index in [1.54, 1.807) is 27.7 Å². The van der Waals surface area contributed by atoms with Crippen molar-refractivity contribution in [2.75, 3.05) is 55.9 Å². The number of likely N-dealkylation sites (N-methyl/N-ethyl adjacent to an activating group) is 7. The molecule has 4 N–H and O–H groups in total. The topological polar surface area (TPSA) is 282 Å². The van der Waals surface area contributed by atoms with E-state index in [1.807, 2.05) is 74.5 Å². The molecule has 0 aromatic carbocycles. The first-order valence-corrected chi connectivity index (χ1v) is 31.0. The van der Waals surface area contributed by atoms with Crippen LogP contribution in [0.2, 0.25) is 0 Å². The third kappa shape index (κ3) is 22.9. The first-order valence-electron chi connectivity index (χ1n) is 31.0. The molecule has 11 atom stereocenters. The van der Waals surface area contributed by atoms with Crippen molar-refractivity contribution in [2.45, 2.75) is 228 Å². The average molecular weight is 1210 g/mol. The normalized spacial score (nSPS) is 26.2. The minimum atomic E-state index is -1.22. The molecule has 1 fully saturated rings. The number of hydrogen-bond acceptors (Lipinski definition) is 12. The summed E-state index contributed by atoms with van der Waals surface area (Å²) in [6, 6.07) is -9.44. The van der Waals surface area contributed by atoms with Gasteiger partial charge >= 0.3 is 0 Å². The highest BCUT2D eigenvalue weighted by Gasteiger charge is 2.43. The van der Waals surface area contributed by atoms with Crippen LogP contribution in [-0.2, 0) is 52.7 Å². The van der Waals surface area contributed by atoms with Crippen LogP contribution in [0.15, 0.2) is 12.2 Å². The molecule has 1 aliphatic rings. The molecule has 23 nitrogen and oxygen atoms in total. The summed E-state index contributed by atoms with van der Waals surface area (Å²) in [6.45, 7) is 26.2. The second-order valence-corrected chi connectivity index (χ2v) is 25.9. The van der Waals surface area contributed by atoms with Crippen LogP contribution in [0.25, 0.3) is 0 Å². The molecule has 1 aliphatic heterocycles. The van der Waals surface area contributed by atoms with Crippen LogP contribution in [0.3, 0.4) is 0 Å². The molecule has 11 amide bonds. The maximum atomic E-state index is 15.0. The first-order chi connectivity index (χ1) is 39.9. The Kier molecular flexibility index (Phi) is 32.9. The van der Waals surface area contributed by atoms with Gasteiger partial charge in [0, 0.05) is 55.8 Å². The second-order valence-electron chi connectivity index (χ2n) is 25.9. The Morgan fingerprint density at radius 2 is 0.849 bits per heavy atom. The molecule has 23 heteroatoms. The number of carbonyl (C=O) groups is 11. The van der Waals surface area contributed by atoms with Gasteiger partial charge in [0.1, 0.15) is 60.4 Å². The number of nitriles is 1. The molecule has 0 aromatic rings. The minimum absolute atomic E-state index is 0.0883. The summed E-state index contributed by atoms with van der Waals surface area (Å²) in [7, 11) is 10.2. The Bertz CT molecular complexity index is 2390. The monoisotopic (exact) mass is 1210 g/mol. The van der Waals surface area contributed by atoms with Crippen molar-refractivity contribution in [3.63, 3.8) is 0 Å². The van der Waals surface area contributed by atoms with E-state index >= 15 is 4.79 Å². The highest BCUT2D eigenvalue weighted by Crippen LogP contribution is 2.24. The van der Waals surface area contributed by atoms with Crippen molar-refractivity contribution in [1.82, 2.24) is 55.6 Å². The van der Waals surface area contributed by atoms with Crippen LogP contribution in [0.5, 0.6) is 0 Å². The van der Waals surface area contributed by atoms with E-state index in [4.69, 9.17) is 5.26 Å². The highest BCUT2D eigenvalue weighted by atomic mass is 16.2. The van der Waals surface area contributed by atoms with E-state index in [0.717, 1.165) is 4.90 Å². The summed E-state index contributed by atoms with van der Waals surface area (Å²) in [5.74, 6) is -8.08. The number of hydrogen-bond donors (Lipinski definition) is 4. The predicted molar refractivity (Wildman–Crippen MR) is 332 cm³/mol. The zero-order valence-corrected chi connectivity index (χ0v) is 56.2. The average Bonchev–Trinajstić information content (AvgIpc) is 3.44. The van der Waals surface area contributed by atoms with E-state index in [1.165, 1.54) is 92.6 Å². The van der Waals surface area contributed by atoms with Gasteiger partial charge in [-0.15, -0.1) is 0 Å². The largest absolute Gasteiger partial charge is 0.343 e. The lowest BCUT2D eigenvalue weighted by molar-refractivity contribution is -0.155. The Labute approximate surface area is 514 Å². The van der Waals surface area contributed by atoms with Gasteiger partial charge in [0.05, 0.1) is 12.6 Å². The summed E-state index contributed by atoms with van der Waals surface area (Å²) in [6.07, 6.45) is 6.14. The van der Waals surface area contributed by atoms with Crippen molar-refractivity contribution in [3.8, 4) is 6.07 Å². The van der Waals surface area contributed by atoms with E-state index in [0.29, 0.717) is 19.3 Å². The van der Waals surface area contributed by atoms with Crippen molar-refractivity contribution >= 4 is 65.0 Å². The summed E-state index contributed by atoms with van der Waals surface area (Å²) in [4.78, 5) is 169. The van der Waals surface area contributed by atoms with Gasteiger partial charge in [-0.2, -0.15) is 5.26 Å². The Balaban J connectivity index is 4.25. The lowest BCUT2D eigenvalue weighted by Gasteiger charge is -2.40. The van der Waals surface area contributed by atoms with Crippen LogP contribution < -0.4 is 21.3 Å². The van der Waals surface area contributed by atoms with Gasteiger partial charge < -0.3 is 55.6 Å². The zero-order chi connectivity index (χ0) is 66.4. The van der Waals surface area contributed by atoms with E-state index in [2.05, 4.69) is 27.3 Å². The van der Waals surface area contributed by atoms with Crippen molar-refractivity contribution < 1.29 is 52.7 Å². The summed E-state index contributed by atoms with van der Waals surface area (Å²) < 4.78 is 0. The highest BCUT2D eigenvalue weighted by molar-refractivity contribution is 5.99. The van der Waals surface area contributed by atoms with Crippen molar-refractivity contribution in [3.05, 3.63) is 12.2 Å². The Morgan fingerprint density at radius 3 is 1.31 bits per heavy atom.